The standard InChI is InChI=1S/C13H20N2S/c1-10-8-11(14)6-7-15(10)12-4-3-5-13(9-12)16-2/h3-5,9-11H,6-8,14H2,1-2H3. The third kappa shape index (κ3) is 2.53. The van der Waals surface area contributed by atoms with Crippen molar-refractivity contribution < 1.29 is 0 Å². The van der Waals surface area contributed by atoms with E-state index in [4.69, 9.17) is 5.73 Å². The fourth-order valence-electron chi connectivity index (χ4n) is 2.38. The Labute approximate surface area is 102 Å². The minimum Gasteiger partial charge on any atom is -0.369 e. The van der Waals surface area contributed by atoms with E-state index in [9.17, 15) is 0 Å². The van der Waals surface area contributed by atoms with Crippen molar-refractivity contribution in [3.8, 4) is 0 Å². The molecule has 2 unspecified atom stereocenters. The molecule has 0 bridgehead atoms. The third-order valence-electron chi connectivity index (χ3n) is 3.30. The molecule has 1 aromatic carbocycles. The Morgan fingerprint density at radius 3 is 2.94 bits per heavy atom. The highest BCUT2D eigenvalue weighted by molar-refractivity contribution is 7.98. The first-order chi connectivity index (χ1) is 7.70. The fraction of sp³-hybridized carbons (Fsp3) is 0.538. The van der Waals surface area contributed by atoms with Crippen molar-refractivity contribution in [1.82, 2.24) is 0 Å². The van der Waals surface area contributed by atoms with E-state index in [1.54, 1.807) is 11.8 Å². The monoisotopic (exact) mass is 236 g/mol. The van der Waals surface area contributed by atoms with Crippen LogP contribution in [-0.4, -0.2) is 24.9 Å². The molecule has 2 N–H and O–H groups in total. The minimum absolute atomic E-state index is 0.384. The van der Waals surface area contributed by atoms with E-state index in [1.165, 1.54) is 10.6 Å². The summed E-state index contributed by atoms with van der Waals surface area (Å²) in [5, 5.41) is 0. The lowest BCUT2D eigenvalue weighted by atomic mass is 9.98. The van der Waals surface area contributed by atoms with E-state index in [2.05, 4.69) is 42.3 Å². The van der Waals surface area contributed by atoms with Crippen molar-refractivity contribution >= 4 is 17.4 Å². The Balaban J connectivity index is 2.16. The van der Waals surface area contributed by atoms with Crippen LogP contribution in [0.2, 0.25) is 0 Å². The summed E-state index contributed by atoms with van der Waals surface area (Å²) >= 11 is 1.80. The molecule has 2 atom stereocenters. The first-order valence-electron chi connectivity index (χ1n) is 5.87. The highest BCUT2D eigenvalue weighted by atomic mass is 32.2. The van der Waals surface area contributed by atoms with Crippen molar-refractivity contribution in [2.45, 2.75) is 36.7 Å². The fourth-order valence-corrected chi connectivity index (χ4v) is 2.83. The molecular formula is C13H20N2S. The van der Waals surface area contributed by atoms with Gasteiger partial charge in [0.1, 0.15) is 0 Å². The number of hydrogen-bond acceptors (Lipinski definition) is 3. The van der Waals surface area contributed by atoms with Gasteiger partial charge in [0.15, 0.2) is 0 Å². The Morgan fingerprint density at radius 2 is 2.25 bits per heavy atom. The average molecular weight is 236 g/mol. The Kier molecular flexibility index (Phi) is 3.77. The molecule has 1 fully saturated rings. The average Bonchev–Trinajstić information content (AvgIpc) is 2.29. The summed E-state index contributed by atoms with van der Waals surface area (Å²) in [7, 11) is 0. The maximum Gasteiger partial charge on any atom is 0.0379 e. The van der Waals surface area contributed by atoms with Gasteiger partial charge in [-0.3, -0.25) is 0 Å². The summed E-state index contributed by atoms with van der Waals surface area (Å²) in [6.45, 7) is 3.35. The number of anilines is 1. The molecule has 0 aliphatic carbocycles. The lowest BCUT2D eigenvalue weighted by molar-refractivity contribution is 0.429. The highest BCUT2D eigenvalue weighted by Crippen LogP contribution is 2.27. The summed E-state index contributed by atoms with van der Waals surface area (Å²) in [4.78, 5) is 3.81. The maximum atomic E-state index is 5.99. The van der Waals surface area contributed by atoms with E-state index in [0.29, 0.717) is 12.1 Å². The van der Waals surface area contributed by atoms with Crippen molar-refractivity contribution in [3.63, 3.8) is 0 Å². The van der Waals surface area contributed by atoms with Crippen LogP contribution in [0, 0.1) is 0 Å². The summed E-state index contributed by atoms with van der Waals surface area (Å²) in [5.41, 5.74) is 7.33. The molecule has 0 amide bonds. The zero-order chi connectivity index (χ0) is 11.5. The molecule has 1 aliphatic heterocycles. The van der Waals surface area contributed by atoms with Crippen LogP contribution in [0.5, 0.6) is 0 Å². The van der Waals surface area contributed by atoms with Crippen molar-refractivity contribution in [2.75, 3.05) is 17.7 Å². The zero-order valence-corrected chi connectivity index (χ0v) is 10.8. The van der Waals surface area contributed by atoms with E-state index >= 15 is 0 Å². The van der Waals surface area contributed by atoms with E-state index < -0.39 is 0 Å². The smallest absolute Gasteiger partial charge is 0.0379 e. The molecule has 0 aromatic heterocycles. The molecule has 1 aromatic rings. The lowest BCUT2D eigenvalue weighted by Gasteiger charge is -2.38. The number of nitrogens with zero attached hydrogens (tertiary/aromatic N) is 1. The maximum absolute atomic E-state index is 5.99. The molecule has 88 valence electrons. The summed E-state index contributed by atoms with van der Waals surface area (Å²) in [5.74, 6) is 0. The van der Waals surface area contributed by atoms with Gasteiger partial charge in [-0.15, -0.1) is 11.8 Å². The van der Waals surface area contributed by atoms with Crippen LogP contribution in [-0.2, 0) is 0 Å². The Hall–Kier alpha value is -0.670. The van der Waals surface area contributed by atoms with Gasteiger partial charge in [-0.05, 0) is 44.2 Å². The van der Waals surface area contributed by atoms with Crippen molar-refractivity contribution in [2.24, 2.45) is 5.73 Å². The van der Waals surface area contributed by atoms with E-state index in [1.807, 2.05) is 0 Å². The summed E-state index contributed by atoms with van der Waals surface area (Å²) in [6.07, 6.45) is 4.33. The number of nitrogens with two attached hydrogens (primary N) is 1. The van der Waals surface area contributed by atoms with Gasteiger partial charge in [0.05, 0.1) is 0 Å². The molecule has 16 heavy (non-hydrogen) atoms. The SMILES string of the molecule is CSc1cccc(N2CCC(N)CC2C)c1. The Morgan fingerprint density at radius 1 is 1.44 bits per heavy atom. The number of thioether (sulfide) groups is 1. The van der Waals surface area contributed by atoms with Crippen LogP contribution in [0.3, 0.4) is 0 Å². The normalized spacial score (nSPS) is 25.8. The van der Waals surface area contributed by atoms with E-state index in [0.717, 1.165) is 19.4 Å². The van der Waals surface area contributed by atoms with Gasteiger partial charge in [-0.2, -0.15) is 0 Å². The number of piperidine rings is 1. The topological polar surface area (TPSA) is 29.3 Å². The number of benzene rings is 1. The minimum atomic E-state index is 0.384. The third-order valence-corrected chi connectivity index (χ3v) is 4.03. The first kappa shape index (κ1) is 11.8. The summed E-state index contributed by atoms with van der Waals surface area (Å²) < 4.78 is 0. The molecule has 0 saturated carbocycles. The summed E-state index contributed by atoms with van der Waals surface area (Å²) in [6, 6.07) is 9.72. The van der Waals surface area contributed by atoms with Gasteiger partial charge >= 0.3 is 0 Å². The zero-order valence-electron chi connectivity index (χ0n) is 10.0. The molecule has 1 aliphatic rings. The molecule has 2 nitrogen and oxygen atoms in total. The molecule has 0 radical (unpaired) electrons. The van der Waals surface area contributed by atoms with Crippen LogP contribution in [0.15, 0.2) is 29.2 Å². The van der Waals surface area contributed by atoms with Crippen LogP contribution < -0.4 is 10.6 Å². The second-order valence-electron chi connectivity index (χ2n) is 4.53. The highest BCUT2D eigenvalue weighted by Gasteiger charge is 2.23. The number of rotatable bonds is 2. The van der Waals surface area contributed by atoms with Gasteiger partial charge < -0.3 is 10.6 Å². The molecule has 1 saturated heterocycles. The van der Waals surface area contributed by atoms with Crippen LogP contribution in [0.25, 0.3) is 0 Å². The van der Waals surface area contributed by atoms with Crippen LogP contribution in [0.4, 0.5) is 5.69 Å². The van der Waals surface area contributed by atoms with Gasteiger partial charge in [0, 0.05) is 29.2 Å². The van der Waals surface area contributed by atoms with Crippen LogP contribution in [0.1, 0.15) is 19.8 Å². The molecule has 3 heteroatoms. The van der Waals surface area contributed by atoms with Crippen molar-refractivity contribution in [1.29, 1.82) is 0 Å². The van der Waals surface area contributed by atoms with Gasteiger partial charge in [-0.1, -0.05) is 6.07 Å². The second-order valence-corrected chi connectivity index (χ2v) is 5.41. The largest absolute Gasteiger partial charge is 0.369 e. The second kappa shape index (κ2) is 5.11. The van der Waals surface area contributed by atoms with Crippen molar-refractivity contribution in [3.05, 3.63) is 24.3 Å². The molecule has 1 heterocycles. The molecule has 0 spiro atoms. The van der Waals surface area contributed by atoms with Gasteiger partial charge in [0.25, 0.3) is 0 Å². The first-order valence-corrected chi connectivity index (χ1v) is 7.09. The predicted molar refractivity (Wildman–Crippen MR) is 72.2 cm³/mol. The number of hydrogen-bond donors (Lipinski definition) is 1. The molecule has 2 rings (SSSR count). The van der Waals surface area contributed by atoms with Gasteiger partial charge in [-0.25, -0.2) is 0 Å². The molecular weight excluding hydrogens is 216 g/mol. The van der Waals surface area contributed by atoms with Crippen LogP contribution >= 0.6 is 11.8 Å². The lowest BCUT2D eigenvalue weighted by Crippen LogP contribution is -2.45. The van der Waals surface area contributed by atoms with Gasteiger partial charge in [0.2, 0.25) is 0 Å². The predicted octanol–water partition coefficient (Wildman–Crippen LogP) is 2.72. The Bertz CT molecular complexity index is 354. The quantitative estimate of drug-likeness (QED) is 0.801. The van der Waals surface area contributed by atoms with E-state index in [-0.39, 0.29) is 0 Å².